The smallest absolute Gasteiger partial charge is 0.327 e. The van der Waals surface area contributed by atoms with Crippen molar-refractivity contribution in [3.8, 4) is 0 Å². The third kappa shape index (κ3) is 8.80. The van der Waals surface area contributed by atoms with E-state index in [1.807, 2.05) is 0 Å². The fraction of sp³-hybridized carbons (Fsp3) is 0.750. The van der Waals surface area contributed by atoms with Gasteiger partial charge in [-0.05, 0) is 13.8 Å². The summed E-state index contributed by atoms with van der Waals surface area (Å²) in [5.41, 5.74) is 0. The van der Waals surface area contributed by atoms with Gasteiger partial charge in [-0.3, -0.25) is 13.9 Å². The molecule has 10 heteroatoms. The molecule has 0 unspecified atom stereocenters. The van der Waals surface area contributed by atoms with Gasteiger partial charge < -0.3 is 24.5 Å². The second kappa shape index (κ2) is 6.80. The molecule has 4 N–H and O–H groups in total. The first-order chi connectivity index (χ1) is 7.92. The Morgan fingerprint density at radius 2 is 1.28 bits per heavy atom. The van der Waals surface area contributed by atoms with Crippen LogP contribution >= 0.6 is 15.2 Å². The minimum atomic E-state index is -4.25. The van der Waals surface area contributed by atoms with Crippen LogP contribution in [-0.4, -0.2) is 55.8 Å². The Kier molecular flexibility index (Phi) is 6.71. The van der Waals surface area contributed by atoms with Crippen LogP contribution in [0.25, 0.3) is 0 Å². The maximum Gasteiger partial charge on any atom is 0.327 e. The molecule has 0 saturated carbocycles. The second-order valence-corrected chi connectivity index (χ2v) is 7.62. The predicted octanol–water partition coefficient (Wildman–Crippen LogP) is -0.215. The molecular formula is C8H18NO7P2. The summed E-state index contributed by atoms with van der Waals surface area (Å²) in [7, 11) is -8.50. The van der Waals surface area contributed by atoms with Crippen LogP contribution in [0, 0.1) is 5.92 Å². The van der Waals surface area contributed by atoms with Gasteiger partial charge in [0.2, 0.25) is 5.91 Å². The Bertz CT molecular complexity index is 346. The summed E-state index contributed by atoms with van der Waals surface area (Å²) in [6.45, 7) is 2.55. The number of rotatable bonds is 7. The number of carbonyl (C=O) groups is 1. The first-order valence-corrected chi connectivity index (χ1v) is 8.70. The van der Waals surface area contributed by atoms with Crippen LogP contribution in [0.4, 0.5) is 0 Å². The molecule has 0 heterocycles. The summed E-state index contributed by atoms with van der Waals surface area (Å²) < 4.78 is 21.5. The Labute approximate surface area is 105 Å². The maximum atomic E-state index is 11.7. The lowest BCUT2D eigenvalue weighted by molar-refractivity contribution is -0.128. The standard InChI is InChI=1S/C8H18NO7P2/c1-7(2)8(10)9(3-5-17(11,12)13)4-6-18(14,15)16/h3-6H2,1-2H3,(H2,11,12,13)(H2,14,15,16). The molecule has 8 nitrogen and oxygen atoms in total. The van der Waals surface area contributed by atoms with Crippen LogP contribution in [0.3, 0.4) is 0 Å². The molecule has 0 bridgehead atoms. The lowest BCUT2D eigenvalue weighted by atomic mass is 10.2. The highest BCUT2D eigenvalue weighted by Gasteiger charge is 2.24. The molecule has 0 aliphatic heterocycles. The topological polar surface area (TPSA) is 135 Å². The predicted molar refractivity (Wildman–Crippen MR) is 65.0 cm³/mol. The van der Waals surface area contributed by atoms with E-state index in [2.05, 4.69) is 0 Å². The molecule has 0 saturated heterocycles. The first-order valence-electron chi connectivity index (χ1n) is 5.11. The Morgan fingerprint density at radius 1 is 0.944 bits per heavy atom. The van der Waals surface area contributed by atoms with Crippen LogP contribution in [-0.2, 0) is 13.9 Å². The second-order valence-electron chi connectivity index (χ2n) is 4.07. The van der Waals surface area contributed by atoms with E-state index in [1.165, 1.54) is 13.8 Å². The highest BCUT2D eigenvalue weighted by Crippen LogP contribution is 2.35. The van der Waals surface area contributed by atoms with Gasteiger partial charge in [0, 0.05) is 13.1 Å². The van der Waals surface area contributed by atoms with Crippen molar-refractivity contribution in [1.29, 1.82) is 0 Å². The number of hydrogen-bond donors (Lipinski definition) is 4. The summed E-state index contributed by atoms with van der Waals surface area (Å²) in [5.74, 6) is -0.0941. The van der Waals surface area contributed by atoms with Crippen molar-refractivity contribution < 1.29 is 33.5 Å². The third-order valence-corrected chi connectivity index (χ3v) is 3.60. The van der Waals surface area contributed by atoms with Crippen LogP contribution < -0.4 is 0 Å². The highest BCUT2D eigenvalue weighted by molar-refractivity contribution is 7.52. The first kappa shape index (κ1) is 17.8. The van der Waals surface area contributed by atoms with E-state index >= 15 is 0 Å². The molecule has 18 heavy (non-hydrogen) atoms. The molecule has 0 spiro atoms. The van der Waals surface area contributed by atoms with Gasteiger partial charge in [0.15, 0.2) is 0 Å². The zero-order valence-electron chi connectivity index (χ0n) is 10.2. The fourth-order valence-corrected chi connectivity index (χ4v) is 2.14. The van der Waals surface area contributed by atoms with E-state index in [9.17, 15) is 13.9 Å². The van der Waals surface area contributed by atoms with Crippen LogP contribution in [0.15, 0.2) is 0 Å². The van der Waals surface area contributed by atoms with E-state index in [0.29, 0.717) is 5.92 Å². The van der Waals surface area contributed by atoms with Gasteiger partial charge in [-0.2, -0.15) is 0 Å². The van der Waals surface area contributed by atoms with Gasteiger partial charge in [-0.15, -0.1) is 0 Å². The van der Waals surface area contributed by atoms with Gasteiger partial charge >= 0.3 is 15.2 Å². The third-order valence-electron chi connectivity index (χ3n) is 2.04. The molecule has 0 atom stereocenters. The lowest BCUT2D eigenvalue weighted by Gasteiger charge is -2.24. The van der Waals surface area contributed by atoms with Gasteiger partial charge in [-0.1, -0.05) is 0 Å². The van der Waals surface area contributed by atoms with Gasteiger partial charge in [0.25, 0.3) is 0 Å². The number of hydrogen-bond acceptors (Lipinski definition) is 3. The largest absolute Gasteiger partial charge is 0.341 e. The molecule has 0 aliphatic carbocycles. The van der Waals surface area contributed by atoms with Gasteiger partial charge in [0.1, 0.15) is 0 Å². The molecular weight excluding hydrogens is 284 g/mol. The highest BCUT2D eigenvalue weighted by atomic mass is 31.2. The Morgan fingerprint density at radius 3 is 1.50 bits per heavy atom. The zero-order valence-corrected chi connectivity index (χ0v) is 12.0. The van der Waals surface area contributed by atoms with Crippen LogP contribution in [0.5, 0.6) is 0 Å². The maximum absolute atomic E-state index is 11.7. The molecule has 0 aliphatic rings. The summed E-state index contributed by atoms with van der Waals surface area (Å²) in [6.07, 6.45) is -1.07. The molecule has 0 aromatic rings. The average molecular weight is 302 g/mol. The van der Waals surface area contributed by atoms with E-state index in [-0.39, 0.29) is 13.1 Å². The van der Waals surface area contributed by atoms with Crippen molar-refractivity contribution >= 4 is 21.1 Å². The zero-order chi connectivity index (χ0) is 14.6. The van der Waals surface area contributed by atoms with Crippen LogP contribution in [0.1, 0.15) is 13.8 Å². The molecule has 0 fully saturated rings. The van der Waals surface area contributed by atoms with Gasteiger partial charge in [-0.25, -0.2) is 0 Å². The summed E-state index contributed by atoms with van der Waals surface area (Å²) in [6, 6.07) is 0. The van der Waals surface area contributed by atoms with E-state index in [1.54, 1.807) is 0 Å². The van der Waals surface area contributed by atoms with Crippen molar-refractivity contribution in [2.45, 2.75) is 13.8 Å². The summed E-state index contributed by atoms with van der Waals surface area (Å²) in [4.78, 5) is 47.6. The van der Waals surface area contributed by atoms with Crippen molar-refractivity contribution in [3.63, 3.8) is 0 Å². The number of carbonyl (C=O) groups excluding carboxylic acids is 1. The monoisotopic (exact) mass is 302 g/mol. The average Bonchev–Trinajstić information content (AvgIpc) is 2.13. The lowest BCUT2D eigenvalue weighted by Crippen LogP contribution is -2.37. The number of nitrogens with zero attached hydrogens (tertiary/aromatic N) is 1. The van der Waals surface area contributed by atoms with E-state index < -0.39 is 33.4 Å². The minimum Gasteiger partial charge on any atom is -0.341 e. The number of amides is 1. The molecule has 1 amide bonds. The SMILES string of the molecule is C[C](C)C(=O)N(CCP(=O)(O)O)CCP(=O)(O)O. The van der Waals surface area contributed by atoms with E-state index in [0.717, 1.165) is 4.90 Å². The fourth-order valence-electron chi connectivity index (χ4n) is 1.13. The quantitative estimate of drug-likeness (QED) is 0.477. The summed E-state index contributed by atoms with van der Waals surface area (Å²) >= 11 is 0. The summed E-state index contributed by atoms with van der Waals surface area (Å²) in [5, 5.41) is 0. The molecule has 0 aromatic heterocycles. The minimum absolute atomic E-state index is 0.242. The Balaban J connectivity index is 4.58. The Hall–Kier alpha value is -0.230. The molecule has 1 radical (unpaired) electrons. The van der Waals surface area contributed by atoms with Crippen molar-refractivity contribution in [2.24, 2.45) is 0 Å². The van der Waals surface area contributed by atoms with Gasteiger partial charge in [0.05, 0.1) is 18.2 Å². The normalized spacial score (nSPS) is 12.8. The molecule has 0 rings (SSSR count). The molecule has 0 aromatic carbocycles. The molecule has 107 valence electrons. The van der Waals surface area contributed by atoms with Crippen molar-refractivity contribution in [2.75, 3.05) is 25.4 Å². The van der Waals surface area contributed by atoms with Crippen molar-refractivity contribution in [3.05, 3.63) is 5.92 Å². The van der Waals surface area contributed by atoms with E-state index in [4.69, 9.17) is 19.6 Å². The van der Waals surface area contributed by atoms with Crippen molar-refractivity contribution in [1.82, 2.24) is 4.90 Å². The van der Waals surface area contributed by atoms with Crippen LogP contribution in [0.2, 0.25) is 0 Å².